The molecule has 148 valence electrons. The van der Waals surface area contributed by atoms with Gasteiger partial charge in [-0.25, -0.2) is 4.98 Å². The number of nitrogens with one attached hydrogen (secondary N) is 1. The molecule has 0 atom stereocenters. The van der Waals surface area contributed by atoms with E-state index in [9.17, 15) is 9.59 Å². The highest BCUT2D eigenvalue weighted by molar-refractivity contribution is 5.92. The molecule has 0 unspecified atom stereocenters. The summed E-state index contributed by atoms with van der Waals surface area (Å²) < 4.78 is 10.6. The Morgan fingerprint density at radius 2 is 1.71 bits per heavy atom. The summed E-state index contributed by atoms with van der Waals surface area (Å²) in [6, 6.07) is 8.96. The summed E-state index contributed by atoms with van der Waals surface area (Å²) >= 11 is 0. The van der Waals surface area contributed by atoms with E-state index in [1.54, 1.807) is 55.3 Å². The average molecular weight is 384 g/mol. The Balaban J connectivity index is 1.65. The number of benzene rings is 1. The van der Waals surface area contributed by atoms with Crippen molar-refractivity contribution in [2.45, 2.75) is 6.92 Å². The monoisotopic (exact) mass is 384 g/mol. The summed E-state index contributed by atoms with van der Waals surface area (Å²) in [5, 5.41) is 3.23. The molecule has 1 aromatic carbocycles. The number of piperazine rings is 1. The lowest BCUT2D eigenvalue weighted by Crippen LogP contribution is -2.50. The fourth-order valence-corrected chi connectivity index (χ4v) is 3.04. The van der Waals surface area contributed by atoms with Crippen LogP contribution in [0.5, 0.6) is 11.5 Å². The number of nitrogens with zero attached hydrogens (tertiary/aromatic N) is 3. The second kappa shape index (κ2) is 8.60. The van der Waals surface area contributed by atoms with Crippen LogP contribution in [0.1, 0.15) is 17.4 Å². The highest BCUT2D eigenvalue weighted by Crippen LogP contribution is 2.31. The SMILES string of the molecule is COc1ccc(Nc2ccc(C(=O)N3CCN(C(C)=O)CC3)nc2)c(OC)c1. The van der Waals surface area contributed by atoms with Gasteiger partial charge in [-0.3, -0.25) is 9.59 Å². The van der Waals surface area contributed by atoms with E-state index in [4.69, 9.17) is 9.47 Å². The van der Waals surface area contributed by atoms with E-state index in [1.807, 2.05) is 12.1 Å². The first-order valence-corrected chi connectivity index (χ1v) is 9.01. The summed E-state index contributed by atoms with van der Waals surface area (Å²) in [6.07, 6.45) is 1.61. The third-order valence-corrected chi connectivity index (χ3v) is 4.68. The third kappa shape index (κ3) is 4.33. The number of ether oxygens (including phenoxy) is 2. The highest BCUT2D eigenvalue weighted by atomic mass is 16.5. The molecule has 1 aromatic heterocycles. The molecule has 0 bridgehead atoms. The van der Waals surface area contributed by atoms with Crippen molar-refractivity contribution in [2.75, 3.05) is 45.7 Å². The fourth-order valence-electron chi connectivity index (χ4n) is 3.04. The molecule has 0 spiro atoms. The van der Waals surface area contributed by atoms with Crippen LogP contribution in [0.2, 0.25) is 0 Å². The van der Waals surface area contributed by atoms with E-state index in [2.05, 4.69) is 10.3 Å². The molecule has 0 radical (unpaired) electrons. The first-order valence-electron chi connectivity index (χ1n) is 9.01. The zero-order chi connectivity index (χ0) is 20.1. The van der Waals surface area contributed by atoms with E-state index in [0.29, 0.717) is 43.4 Å². The molecule has 28 heavy (non-hydrogen) atoms. The minimum Gasteiger partial charge on any atom is -0.497 e. The van der Waals surface area contributed by atoms with Crippen LogP contribution in [-0.2, 0) is 4.79 Å². The fraction of sp³-hybridized carbons (Fsp3) is 0.350. The van der Waals surface area contributed by atoms with Gasteiger partial charge in [0.2, 0.25) is 5.91 Å². The molecule has 1 aliphatic rings. The van der Waals surface area contributed by atoms with Crippen molar-refractivity contribution in [2.24, 2.45) is 0 Å². The van der Waals surface area contributed by atoms with Crippen LogP contribution in [0.3, 0.4) is 0 Å². The normalized spacial score (nSPS) is 13.8. The summed E-state index contributed by atoms with van der Waals surface area (Å²) in [5.41, 5.74) is 1.88. The molecule has 1 aliphatic heterocycles. The lowest BCUT2D eigenvalue weighted by Gasteiger charge is -2.34. The molecular formula is C20H24N4O4. The van der Waals surface area contributed by atoms with Gasteiger partial charge in [-0.1, -0.05) is 0 Å². The molecule has 0 aliphatic carbocycles. The smallest absolute Gasteiger partial charge is 0.272 e. The molecule has 3 rings (SSSR count). The lowest BCUT2D eigenvalue weighted by molar-refractivity contribution is -0.130. The number of methoxy groups -OCH3 is 2. The summed E-state index contributed by atoms with van der Waals surface area (Å²) in [4.78, 5) is 31.8. The molecule has 2 aromatic rings. The lowest BCUT2D eigenvalue weighted by atomic mass is 10.2. The maximum Gasteiger partial charge on any atom is 0.272 e. The molecule has 2 heterocycles. The molecule has 2 amide bonds. The van der Waals surface area contributed by atoms with Gasteiger partial charge >= 0.3 is 0 Å². The van der Waals surface area contributed by atoms with Gasteiger partial charge in [-0.05, 0) is 24.3 Å². The van der Waals surface area contributed by atoms with Crippen molar-refractivity contribution in [1.29, 1.82) is 0 Å². The Kier molecular flexibility index (Phi) is 5.98. The number of aromatic nitrogens is 1. The number of carbonyl (C=O) groups is 2. The van der Waals surface area contributed by atoms with E-state index < -0.39 is 0 Å². The van der Waals surface area contributed by atoms with Gasteiger partial charge in [-0.2, -0.15) is 0 Å². The van der Waals surface area contributed by atoms with Crippen molar-refractivity contribution in [3.63, 3.8) is 0 Å². The van der Waals surface area contributed by atoms with Crippen molar-refractivity contribution in [3.8, 4) is 11.5 Å². The van der Waals surface area contributed by atoms with Gasteiger partial charge in [0.25, 0.3) is 5.91 Å². The van der Waals surface area contributed by atoms with Crippen LogP contribution in [-0.4, -0.2) is 67.0 Å². The van der Waals surface area contributed by atoms with Crippen molar-refractivity contribution in [3.05, 3.63) is 42.2 Å². The van der Waals surface area contributed by atoms with Crippen LogP contribution >= 0.6 is 0 Å². The number of anilines is 2. The molecule has 1 fully saturated rings. The van der Waals surface area contributed by atoms with Gasteiger partial charge in [0.1, 0.15) is 17.2 Å². The van der Waals surface area contributed by atoms with Gasteiger partial charge < -0.3 is 24.6 Å². The van der Waals surface area contributed by atoms with Crippen LogP contribution in [0.4, 0.5) is 11.4 Å². The maximum atomic E-state index is 12.6. The third-order valence-electron chi connectivity index (χ3n) is 4.68. The van der Waals surface area contributed by atoms with E-state index >= 15 is 0 Å². The summed E-state index contributed by atoms with van der Waals surface area (Å²) in [5.74, 6) is 1.25. The Hall–Kier alpha value is -3.29. The van der Waals surface area contributed by atoms with Crippen molar-refractivity contribution in [1.82, 2.24) is 14.8 Å². The highest BCUT2D eigenvalue weighted by Gasteiger charge is 2.23. The van der Waals surface area contributed by atoms with Gasteiger partial charge in [-0.15, -0.1) is 0 Å². The van der Waals surface area contributed by atoms with E-state index in [-0.39, 0.29) is 11.8 Å². The minimum absolute atomic E-state index is 0.0367. The predicted octanol–water partition coefficient (Wildman–Crippen LogP) is 2.15. The quantitative estimate of drug-likeness (QED) is 0.850. The predicted molar refractivity (Wildman–Crippen MR) is 105 cm³/mol. The number of pyridine rings is 1. The van der Waals surface area contributed by atoms with Crippen LogP contribution < -0.4 is 14.8 Å². The molecule has 8 nitrogen and oxygen atoms in total. The van der Waals surface area contributed by atoms with Crippen molar-refractivity contribution < 1.29 is 19.1 Å². The number of hydrogen-bond donors (Lipinski definition) is 1. The molecule has 8 heteroatoms. The second-order valence-electron chi connectivity index (χ2n) is 6.42. The average Bonchev–Trinajstić information content (AvgIpc) is 2.74. The van der Waals surface area contributed by atoms with Gasteiger partial charge in [0, 0.05) is 39.2 Å². The van der Waals surface area contributed by atoms with Crippen LogP contribution in [0.15, 0.2) is 36.5 Å². The molecular weight excluding hydrogens is 360 g/mol. The topological polar surface area (TPSA) is 84.0 Å². The maximum absolute atomic E-state index is 12.6. The first-order chi connectivity index (χ1) is 13.5. The van der Waals surface area contributed by atoms with E-state index in [1.165, 1.54) is 0 Å². The molecule has 1 N–H and O–H groups in total. The molecule has 1 saturated heterocycles. The number of rotatable bonds is 5. The first kappa shape index (κ1) is 19.5. The van der Waals surface area contributed by atoms with Gasteiger partial charge in [0.15, 0.2) is 0 Å². The summed E-state index contributed by atoms with van der Waals surface area (Å²) in [7, 11) is 3.19. The largest absolute Gasteiger partial charge is 0.497 e. The second-order valence-corrected chi connectivity index (χ2v) is 6.42. The van der Waals surface area contributed by atoms with Crippen LogP contribution in [0.25, 0.3) is 0 Å². The number of hydrogen-bond acceptors (Lipinski definition) is 6. The number of amides is 2. The number of carbonyl (C=O) groups excluding carboxylic acids is 2. The summed E-state index contributed by atoms with van der Waals surface area (Å²) in [6.45, 7) is 3.69. The molecule has 0 saturated carbocycles. The Morgan fingerprint density at radius 3 is 2.29 bits per heavy atom. The Morgan fingerprint density at radius 1 is 1.00 bits per heavy atom. The van der Waals surface area contributed by atoms with Gasteiger partial charge in [0.05, 0.1) is 31.8 Å². The zero-order valence-corrected chi connectivity index (χ0v) is 16.3. The zero-order valence-electron chi connectivity index (χ0n) is 16.3. The van der Waals surface area contributed by atoms with E-state index in [0.717, 1.165) is 11.4 Å². The van der Waals surface area contributed by atoms with Crippen molar-refractivity contribution >= 4 is 23.2 Å². The standard InChI is InChI=1S/C20H24N4O4/c1-14(25)23-8-10-24(11-9-23)20(26)18-6-4-15(13-21-18)22-17-7-5-16(27-2)12-19(17)28-3/h4-7,12-13,22H,8-11H2,1-3H3. The minimum atomic E-state index is -0.128. The van der Waals surface area contributed by atoms with Crippen LogP contribution in [0, 0.1) is 0 Å². The Bertz CT molecular complexity index is 846. The Labute approximate surface area is 164 Å².